The van der Waals surface area contributed by atoms with Gasteiger partial charge in [0.2, 0.25) is 5.91 Å². The molecule has 6 nitrogen and oxygen atoms in total. The van der Waals surface area contributed by atoms with Crippen molar-refractivity contribution in [2.24, 2.45) is 0 Å². The first-order valence-corrected chi connectivity index (χ1v) is 9.65. The van der Waals surface area contributed by atoms with E-state index >= 15 is 0 Å². The Labute approximate surface area is 154 Å². The normalized spacial score (nSPS) is 19.9. The summed E-state index contributed by atoms with van der Waals surface area (Å²) in [4.78, 5) is 22.9. The zero-order valence-corrected chi connectivity index (χ0v) is 15.3. The minimum absolute atomic E-state index is 0.239. The molecule has 0 bridgehead atoms. The van der Waals surface area contributed by atoms with Crippen molar-refractivity contribution in [1.82, 2.24) is 19.7 Å². The fraction of sp³-hybridized carbons (Fsp3) is 0.550. The van der Waals surface area contributed by atoms with Gasteiger partial charge in [0.25, 0.3) is 0 Å². The van der Waals surface area contributed by atoms with Crippen molar-refractivity contribution in [1.29, 1.82) is 0 Å². The van der Waals surface area contributed by atoms with Crippen LogP contribution in [0.1, 0.15) is 5.56 Å². The molecular formula is C20H28N4O2. The van der Waals surface area contributed by atoms with E-state index in [-0.39, 0.29) is 5.91 Å². The molecule has 1 N–H and O–H groups in total. The van der Waals surface area contributed by atoms with Crippen LogP contribution in [0.4, 0.5) is 0 Å². The number of aromatic nitrogens is 1. The minimum atomic E-state index is 0.239. The fourth-order valence-electron chi connectivity index (χ4n) is 3.88. The molecule has 0 saturated carbocycles. The van der Waals surface area contributed by atoms with Gasteiger partial charge in [-0.25, -0.2) is 0 Å². The molecule has 2 aromatic rings. The zero-order chi connectivity index (χ0) is 17.8. The average Bonchev–Trinajstić information content (AvgIpc) is 3.10. The number of benzene rings is 1. The highest BCUT2D eigenvalue weighted by atomic mass is 16.5. The summed E-state index contributed by atoms with van der Waals surface area (Å²) in [7, 11) is 0. The third kappa shape index (κ3) is 4.09. The number of ether oxygens (including phenoxy) is 1. The van der Waals surface area contributed by atoms with Crippen LogP contribution in [0.25, 0.3) is 10.9 Å². The summed E-state index contributed by atoms with van der Waals surface area (Å²) in [5.41, 5.74) is 2.20. The molecule has 6 heteroatoms. The summed E-state index contributed by atoms with van der Waals surface area (Å²) in [6.45, 7) is 9.62. The van der Waals surface area contributed by atoms with E-state index in [0.717, 1.165) is 82.0 Å². The Balaban J connectivity index is 1.24. The fourth-order valence-corrected chi connectivity index (χ4v) is 3.88. The molecule has 1 amide bonds. The molecule has 2 saturated heterocycles. The third-order valence-corrected chi connectivity index (χ3v) is 5.58. The van der Waals surface area contributed by atoms with Gasteiger partial charge in [0.05, 0.1) is 19.6 Å². The van der Waals surface area contributed by atoms with E-state index in [1.165, 1.54) is 0 Å². The molecule has 2 aliphatic heterocycles. The number of carbonyl (C=O) groups is 1. The van der Waals surface area contributed by atoms with Gasteiger partial charge in [-0.05, 0) is 11.6 Å². The number of para-hydroxylation sites is 1. The van der Waals surface area contributed by atoms with Crippen molar-refractivity contribution in [3.8, 4) is 0 Å². The standard InChI is InChI=1S/C20H28N4O2/c25-20(15-17-16-21-19-4-2-1-3-18(17)19)24-9-7-22(8-10-24)5-6-23-11-13-26-14-12-23/h1-4,16,21H,5-15H2. The van der Waals surface area contributed by atoms with Crippen LogP contribution < -0.4 is 0 Å². The molecule has 0 unspecified atom stereocenters. The monoisotopic (exact) mass is 356 g/mol. The average molecular weight is 356 g/mol. The third-order valence-electron chi connectivity index (χ3n) is 5.58. The van der Waals surface area contributed by atoms with Crippen molar-refractivity contribution in [3.05, 3.63) is 36.0 Å². The number of fused-ring (bicyclic) bond motifs is 1. The smallest absolute Gasteiger partial charge is 0.227 e. The second-order valence-corrected chi connectivity index (χ2v) is 7.21. The molecule has 0 atom stereocenters. The molecule has 2 fully saturated rings. The van der Waals surface area contributed by atoms with Crippen molar-refractivity contribution in [2.75, 3.05) is 65.6 Å². The molecule has 3 heterocycles. The number of aromatic amines is 1. The van der Waals surface area contributed by atoms with Crippen LogP contribution >= 0.6 is 0 Å². The molecule has 0 aliphatic carbocycles. The summed E-state index contributed by atoms with van der Waals surface area (Å²) in [6.07, 6.45) is 2.46. The van der Waals surface area contributed by atoms with Crippen molar-refractivity contribution in [3.63, 3.8) is 0 Å². The van der Waals surface area contributed by atoms with Crippen LogP contribution in [0.15, 0.2) is 30.5 Å². The quantitative estimate of drug-likeness (QED) is 0.874. The number of H-pyrrole nitrogens is 1. The number of hydrogen-bond acceptors (Lipinski definition) is 4. The molecule has 4 rings (SSSR count). The SMILES string of the molecule is O=C(Cc1c[nH]c2ccccc12)N1CCN(CCN2CCOCC2)CC1. The Hall–Kier alpha value is -1.89. The first-order chi connectivity index (χ1) is 12.8. The van der Waals surface area contributed by atoms with Crippen molar-refractivity contribution >= 4 is 16.8 Å². The largest absolute Gasteiger partial charge is 0.379 e. The lowest BCUT2D eigenvalue weighted by molar-refractivity contribution is -0.132. The van der Waals surface area contributed by atoms with E-state index in [1.54, 1.807) is 0 Å². The van der Waals surface area contributed by atoms with Crippen LogP contribution in [0, 0.1) is 0 Å². The molecule has 140 valence electrons. The number of amides is 1. The van der Waals surface area contributed by atoms with Crippen LogP contribution in [0.5, 0.6) is 0 Å². The van der Waals surface area contributed by atoms with Crippen LogP contribution in [0.3, 0.4) is 0 Å². The van der Waals surface area contributed by atoms with Crippen LogP contribution in [-0.4, -0.2) is 91.2 Å². The second kappa shape index (κ2) is 8.20. The number of rotatable bonds is 5. The lowest BCUT2D eigenvalue weighted by Crippen LogP contribution is -2.51. The molecule has 26 heavy (non-hydrogen) atoms. The molecule has 2 aliphatic rings. The number of carbonyl (C=O) groups excluding carboxylic acids is 1. The van der Waals surface area contributed by atoms with Gasteiger partial charge < -0.3 is 14.6 Å². The summed E-state index contributed by atoms with van der Waals surface area (Å²) in [5.74, 6) is 0.239. The van der Waals surface area contributed by atoms with Crippen LogP contribution in [0.2, 0.25) is 0 Å². The predicted molar refractivity (Wildman–Crippen MR) is 102 cm³/mol. The molecule has 0 spiro atoms. The summed E-state index contributed by atoms with van der Waals surface area (Å²) in [5, 5.41) is 1.16. The molecule has 0 radical (unpaired) electrons. The molecule has 1 aromatic carbocycles. The highest BCUT2D eigenvalue weighted by Gasteiger charge is 2.22. The minimum Gasteiger partial charge on any atom is -0.379 e. The van der Waals surface area contributed by atoms with Crippen molar-refractivity contribution in [2.45, 2.75) is 6.42 Å². The topological polar surface area (TPSA) is 51.8 Å². The van der Waals surface area contributed by atoms with Gasteiger partial charge in [-0.2, -0.15) is 0 Å². The van der Waals surface area contributed by atoms with E-state index in [4.69, 9.17) is 4.74 Å². The van der Waals surface area contributed by atoms with Gasteiger partial charge in [-0.1, -0.05) is 18.2 Å². The maximum Gasteiger partial charge on any atom is 0.227 e. The Morgan fingerprint density at radius 2 is 1.65 bits per heavy atom. The van der Waals surface area contributed by atoms with E-state index in [0.29, 0.717) is 6.42 Å². The van der Waals surface area contributed by atoms with Gasteiger partial charge in [0.1, 0.15) is 0 Å². The van der Waals surface area contributed by atoms with Gasteiger partial charge in [0, 0.05) is 69.5 Å². The molecule has 1 aromatic heterocycles. The number of nitrogens with zero attached hydrogens (tertiary/aromatic N) is 3. The first-order valence-electron chi connectivity index (χ1n) is 9.65. The van der Waals surface area contributed by atoms with Crippen molar-refractivity contribution < 1.29 is 9.53 Å². The van der Waals surface area contributed by atoms with E-state index in [1.807, 2.05) is 23.2 Å². The highest BCUT2D eigenvalue weighted by molar-refractivity contribution is 5.88. The lowest BCUT2D eigenvalue weighted by Gasteiger charge is -2.36. The van der Waals surface area contributed by atoms with Crippen LogP contribution in [-0.2, 0) is 16.0 Å². The second-order valence-electron chi connectivity index (χ2n) is 7.21. The highest BCUT2D eigenvalue weighted by Crippen LogP contribution is 2.19. The van der Waals surface area contributed by atoms with Gasteiger partial charge in [-0.15, -0.1) is 0 Å². The number of morpholine rings is 1. The lowest BCUT2D eigenvalue weighted by atomic mass is 10.1. The number of piperazine rings is 1. The van der Waals surface area contributed by atoms with E-state index in [2.05, 4.69) is 26.9 Å². The zero-order valence-electron chi connectivity index (χ0n) is 15.3. The first kappa shape index (κ1) is 17.5. The Kier molecular flexibility index (Phi) is 5.53. The van der Waals surface area contributed by atoms with E-state index < -0.39 is 0 Å². The maximum absolute atomic E-state index is 12.7. The summed E-state index contributed by atoms with van der Waals surface area (Å²) >= 11 is 0. The maximum atomic E-state index is 12.7. The summed E-state index contributed by atoms with van der Waals surface area (Å²) < 4.78 is 5.40. The molecular weight excluding hydrogens is 328 g/mol. The van der Waals surface area contributed by atoms with Gasteiger partial charge in [-0.3, -0.25) is 14.6 Å². The van der Waals surface area contributed by atoms with E-state index in [9.17, 15) is 4.79 Å². The summed E-state index contributed by atoms with van der Waals surface area (Å²) in [6, 6.07) is 8.17. The predicted octanol–water partition coefficient (Wildman–Crippen LogP) is 1.19. The Bertz CT molecular complexity index is 730. The Morgan fingerprint density at radius 3 is 2.42 bits per heavy atom. The van der Waals surface area contributed by atoms with Gasteiger partial charge in [0.15, 0.2) is 0 Å². The number of hydrogen-bond donors (Lipinski definition) is 1. The Morgan fingerprint density at radius 1 is 0.962 bits per heavy atom. The number of nitrogens with one attached hydrogen (secondary N) is 1. The van der Waals surface area contributed by atoms with Gasteiger partial charge >= 0.3 is 0 Å².